The van der Waals surface area contributed by atoms with Crippen LogP contribution in [0.15, 0.2) is 30.3 Å². The van der Waals surface area contributed by atoms with Gasteiger partial charge in [0.05, 0.1) is 0 Å². The highest BCUT2D eigenvalue weighted by Crippen LogP contribution is 2.26. The van der Waals surface area contributed by atoms with Gasteiger partial charge in [0.1, 0.15) is 13.2 Å². The molecule has 0 spiro atoms. The van der Waals surface area contributed by atoms with E-state index >= 15 is 0 Å². The molecule has 4 nitrogen and oxygen atoms in total. The molecule has 1 aromatic carbocycles. The van der Waals surface area contributed by atoms with Crippen LogP contribution >= 0.6 is 0 Å². The van der Waals surface area contributed by atoms with Crippen LogP contribution in [0.5, 0.6) is 0 Å². The Kier molecular flexibility index (Phi) is 6.84. The highest BCUT2D eigenvalue weighted by Gasteiger charge is 2.33. The Bertz CT molecular complexity index is 551. The molecule has 2 atom stereocenters. The summed E-state index contributed by atoms with van der Waals surface area (Å²) >= 11 is 0. The van der Waals surface area contributed by atoms with Crippen LogP contribution in [-0.2, 0) is 9.53 Å². The first-order valence-corrected chi connectivity index (χ1v) is 8.54. The van der Waals surface area contributed by atoms with Crippen LogP contribution < -0.4 is 0 Å². The zero-order chi connectivity index (χ0) is 18.4. The van der Waals surface area contributed by atoms with Crippen LogP contribution in [-0.4, -0.2) is 60.8 Å². The van der Waals surface area contributed by atoms with Crippen molar-refractivity contribution in [1.82, 2.24) is 9.80 Å². The smallest absolute Gasteiger partial charge is 0.362 e. The van der Waals surface area contributed by atoms with Gasteiger partial charge in [-0.1, -0.05) is 30.3 Å². The van der Waals surface area contributed by atoms with Gasteiger partial charge in [0, 0.05) is 31.7 Å². The Morgan fingerprint density at radius 2 is 2.04 bits per heavy atom. The number of rotatable bonds is 7. The molecule has 0 aromatic heterocycles. The lowest BCUT2D eigenvalue weighted by atomic mass is 10.1. The van der Waals surface area contributed by atoms with E-state index in [1.807, 2.05) is 25.1 Å². The van der Waals surface area contributed by atoms with Crippen LogP contribution in [0.1, 0.15) is 31.9 Å². The van der Waals surface area contributed by atoms with E-state index in [1.165, 1.54) is 5.56 Å². The second-order valence-corrected chi connectivity index (χ2v) is 6.31. The number of likely N-dealkylation sites (tertiary alicyclic amines) is 1. The van der Waals surface area contributed by atoms with Crippen LogP contribution in [0.25, 0.3) is 0 Å². The maximum absolute atomic E-state index is 12.2. The number of hydrogen-bond acceptors (Lipinski definition) is 3. The summed E-state index contributed by atoms with van der Waals surface area (Å²) < 4.78 is 40.9. The molecule has 1 saturated heterocycles. The van der Waals surface area contributed by atoms with Crippen LogP contribution in [0.3, 0.4) is 0 Å². The highest BCUT2D eigenvalue weighted by molar-refractivity contribution is 5.77. The molecule has 1 aromatic rings. The van der Waals surface area contributed by atoms with E-state index in [1.54, 1.807) is 4.90 Å². The van der Waals surface area contributed by atoms with Crippen LogP contribution in [0.4, 0.5) is 13.2 Å². The fraction of sp³-hybridized carbons (Fsp3) is 0.611. The average molecular weight is 358 g/mol. The van der Waals surface area contributed by atoms with Crippen molar-refractivity contribution >= 4 is 5.91 Å². The van der Waals surface area contributed by atoms with Gasteiger partial charge in [0.2, 0.25) is 5.91 Å². The molecule has 0 N–H and O–H groups in total. The first-order valence-electron chi connectivity index (χ1n) is 8.54. The van der Waals surface area contributed by atoms with E-state index < -0.39 is 19.4 Å². The summed E-state index contributed by atoms with van der Waals surface area (Å²) in [6.45, 7) is 4.08. The number of ether oxygens (including phenoxy) is 1. The SMILES string of the molecule is CCN(C(=O)COCC(F)(F)F)C1CCN(C(C)c2ccccc2)C1. The van der Waals surface area contributed by atoms with E-state index in [-0.39, 0.29) is 18.0 Å². The molecule has 1 aliphatic rings. The molecular weight excluding hydrogens is 333 g/mol. The summed E-state index contributed by atoms with van der Waals surface area (Å²) in [6, 6.07) is 10.4. The molecular formula is C18H25F3N2O2. The molecule has 2 rings (SSSR count). The van der Waals surface area contributed by atoms with Gasteiger partial charge in [-0.3, -0.25) is 9.69 Å². The Labute approximate surface area is 146 Å². The predicted octanol–water partition coefficient (Wildman–Crippen LogP) is 3.25. The monoisotopic (exact) mass is 358 g/mol. The van der Waals surface area contributed by atoms with Gasteiger partial charge in [-0.2, -0.15) is 13.2 Å². The number of carbonyl (C=O) groups is 1. The Morgan fingerprint density at radius 1 is 1.36 bits per heavy atom. The first kappa shape index (κ1) is 19.7. The fourth-order valence-corrected chi connectivity index (χ4v) is 3.29. The van der Waals surface area contributed by atoms with Crippen molar-refractivity contribution in [2.45, 2.75) is 38.5 Å². The number of hydrogen-bond donors (Lipinski definition) is 0. The molecule has 0 aliphatic carbocycles. The van der Waals surface area contributed by atoms with E-state index in [0.717, 1.165) is 19.5 Å². The van der Waals surface area contributed by atoms with Gasteiger partial charge in [-0.25, -0.2) is 0 Å². The summed E-state index contributed by atoms with van der Waals surface area (Å²) in [5, 5.41) is 0. The normalized spacial score (nSPS) is 19.8. The maximum Gasteiger partial charge on any atom is 0.411 e. The summed E-state index contributed by atoms with van der Waals surface area (Å²) in [4.78, 5) is 16.1. The van der Waals surface area contributed by atoms with Gasteiger partial charge in [-0.15, -0.1) is 0 Å². The predicted molar refractivity (Wildman–Crippen MR) is 89.1 cm³/mol. The van der Waals surface area contributed by atoms with Crippen molar-refractivity contribution in [3.05, 3.63) is 35.9 Å². The molecule has 0 saturated carbocycles. The molecule has 0 radical (unpaired) electrons. The second kappa shape index (κ2) is 8.67. The largest absolute Gasteiger partial charge is 0.411 e. The molecule has 1 aliphatic heterocycles. The molecule has 25 heavy (non-hydrogen) atoms. The number of alkyl halides is 3. The minimum absolute atomic E-state index is 0.0122. The topological polar surface area (TPSA) is 32.8 Å². The van der Waals surface area contributed by atoms with Gasteiger partial charge >= 0.3 is 6.18 Å². The quantitative estimate of drug-likeness (QED) is 0.750. The van der Waals surface area contributed by atoms with Crippen LogP contribution in [0.2, 0.25) is 0 Å². The maximum atomic E-state index is 12.2. The van der Waals surface area contributed by atoms with Gasteiger partial charge < -0.3 is 9.64 Å². The Hall–Kier alpha value is -1.60. The molecule has 1 fully saturated rings. The van der Waals surface area contributed by atoms with Crippen molar-refractivity contribution in [3.63, 3.8) is 0 Å². The molecule has 2 unspecified atom stereocenters. The first-order chi connectivity index (χ1) is 11.8. The van der Waals surface area contributed by atoms with Crippen molar-refractivity contribution in [1.29, 1.82) is 0 Å². The zero-order valence-corrected chi connectivity index (χ0v) is 14.6. The highest BCUT2D eigenvalue weighted by atomic mass is 19.4. The fourth-order valence-electron chi connectivity index (χ4n) is 3.29. The summed E-state index contributed by atoms with van der Waals surface area (Å²) in [7, 11) is 0. The third-order valence-corrected chi connectivity index (χ3v) is 4.62. The summed E-state index contributed by atoms with van der Waals surface area (Å²) in [5.74, 6) is -0.383. The minimum atomic E-state index is -4.41. The second-order valence-electron chi connectivity index (χ2n) is 6.31. The average Bonchev–Trinajstić information content (AvgIpc) is 3.04. The molecule has 1 heterocycles. The number of halogens is 3. The molecule has 1 amide bonds. The van der Waals surface area contributed by atoms with Gasteiger partial charge in [0.25, 0.3) is 0 Å². The number of amides is 1. The molecule has 0 bridgehead atoms. The Balaban J connectivity index is 1.88. The zero-order valence-electron chi connectivity index (χ0n) is 14.6. The van der Waals surface area contributed by atoms with Crippen molar-refractivity contribution in [2.75, 3.05) is 32.8 Å². The van der Waals surface area contributed by atoms with Crippen molar-refractivity contribution < 1.29 is 22.7 Å². The van der Waals surface area contributed by atoms with E-state index in [2.05, 4.69) is 28.7 Å². The lowest BCUT2D eigenvalue weighted by Gasteiger charge is -2.30. The van der Waals surface area contributed by atoms with E-state index in [9.17, 15) is 18.0 Å². The van der Waals surface area contributed by atoms with Crippen molar-refractivity contribution in [2.24, 2.45) is 0 Å². The standard InChI is InChI=1S/C18H25F3N2O2/c1-3-23(17(24)12-25-13-18(19,20)21)16-9-10-22(11-16)14(2)15-7-5-4-6-8-15/h4-8,14,16H,3,9-13H2,1-2H3. The summed E-state index contributed by atoms with van der Waals surface area (Å²) in [5.41, 5.74) is 1.21. The van der Waals surface area contributed by atoms with Gasteiger partial charge in [0.15, 0.2) is 0 Å². The number of nitrogens with zero attached hydrogens (tertiary/aromatic N) is 2. The third-order valence-electron chi connectivity index (χ3n) is 4.62. The van der Waals surface area contributed by atoms with Crippen molar-refractivity contribution in [3.8, 4) is 0 Å². The minimum Gasteiger partial charge on any atom is -0.362 e. The summed E-state index contributed by atoms with van der Waals surface area (Å²) in [6.07, 6.45) is -3.59. The molecule has 7 heteroatoms. The number of likely N-dealkylation sites (N-methyl/N-ethyl adjacent to an activating group) is 1. The van der Waals surface area contributed by atoms with Gasteiger partial charge in [-0.05, 0) is 25.8 Å². The number of benzene rings is 1. The Morgan fingerprint density at radius 3 is 2.64 bits per heavy atom. The lowest BCUT2D eigenvalue weighted by Crippen LogP contribution is -2.44. The molecule has 140 valence electrons. The lowest BCUT2D eigenvalue weighted by molar-refractivity contribution is -0.178. The van der Waals surface area contributed by atoms with Crippen LogP contribution in [0, 0.1) is 0 Å². The van der Waals surface area contributed by atoms with E-state index in [4.69, 9.17) is 0 Å². The third kappa shape index (κ3) is 5.71. The number of carbonyl (C=O) groups excluding carboxylic acids is 1. The van der Waals surface area contributed by atoms with E-state index in [0.29, 0.717) is 6.54 Å².